The summed E-state index contributed by atoms with van der Waals surface area (Å²) < 4.78 is 13.6. The van der Waals surface area contributed by atoms with Gasteiger partial charge in [-0.2, -0.15) is 0 Å². The fraction of sp³-hybridized carbons (Fsp3) is 0.167. The molecule has 1 aliphatic heterocycles. The molecule has 0 spiro atoms. The van der Waals surface area contributed by atoms with Gasteiger partial charge in [0.05, 0.1) is 23.9 Å². The third kappa shape index (κ3) is 3.59. The number of aromatic nitrogens is 2. The van der Waals surface area contributed by atoms with Crippen molar-refractivity contribution in [2.24, 2.45) is 0 Å². The van der Waals surface area contributed by atoms with Crippen LogP contribution in [-0.4, -0.2) is 21.9 Å². The summed E-state index contributed by atoms with van der Waals surface area (Å²) in [4.78, 5) is 17.6. The van der Waals surface area contributed by atoms with Gasteiger partial charge in [0.1, 0.15) is 23.8 Å². The first-order chi connectivity index (χ1) is 14.8. The number of imidazole rings is 1. The first-order valence-electron chi connectivity index (χ1n) is 9.95. The summed E-state index contributed by atoms with van der Waals surface area (Å²) >= 11 is 0. The normalized spacial score (nSPS) is 15.3. The minimum absolute atomic E-state index is 0.0889. The summed E-state index contributed by atoms with van der Waals surface area (Å²) in [6.45, 7) is 0.861. The van der Waals surface area contributed by atoms with Crippen molar-refractivity contribution in [2.45, 2.75) is 19.1 Å². The van der Waals surface area contributed by atoms with Crippen LogP contribution in [0.5, 0.6) is 11.5 Å². The average molecular weight is 399 g/mol. The largest absolute Gasteiger partial charge is 0.493 e. The molecule has 30 heavy (non-hydrogen) atoms. The molecule has 2 aromatic carbocycles. The van der Waals surface area contributed by atoms with Gasteiger partial charge in [-0.1, -0.05) is 36.4 Å². The van der Waals surface area contributed by atoms with Crippen LogP contribution in [0.2, 0.25) is 0 Å². The van der Waals surface area contributed by atoms with Crippen molar-refractivity contribution in [1.29, 1.82) is 0 Å². The molecule has 1 amide bonds. The van der Waals surface area contributed by atoms with Crippen molar-refractivity contribution in [3.8, 4) is 11.5 Å². The number of carbonyl (C=O) groups is 1. The van der Waals surface area contributed by atoms with E-state index in [-0.39, 0.29) is 18.6 Å². The van der Waals surface area contributed by atoms with E-state index in [9.17, 15) is 4.79 Å². The minimum atomic E-state index is -0.165. The lowest BCUT2D eigenvalue weighted by atomic mass is 10.00. The maximum absolute atomic E-state index is 13.0. The predicted octanol–water partition coefficient (Wildman–Crippen LogP) is 4.17. The van der Waals surface area contributed by atoms with Crippen molar-refractivity contribution in [2.75, 3.05) is 6.61 Å². The van der Waals surface area contributed by atoms with Crippen LogP contribution >= 0.6 is 0 Å². The Kier molecular flexibility index (Phi) is 4.81. The molecule has 6 nitrogen and oxygen atoms in total. The zero-order chi connectivity index (χ0) is 20.3. The van der Waals surface area contributed by atoms with Gasteiger partial charge in [0.2, 0.25) is 0 Å². The first kappa shape index (κ1) is 18.2. The van der Waals surface area contributed by atoms with Crippen LogP contribution in [0.4, 0.5) is 0 Å². The van der Waals surface area contributed by atoms with E-state index >= 15 is 0 Å². The molecule has 0 fully saturated rings. The number of fused-ring (bicyclic) bond motifs is 2. The van der Waals surface area contributed by atoms with E-state index in [2.05, 4.69) is 10.3 Å². The number of pyridine rings is 1. The predicted molar refractivity (Wildman–Crippen MR) is 113 cm³/mol. The zero-order valence-electron chi connectivity index (χ0n) is 16.3. The molecular weight excluding hydrogens is 378 g/mol. The number of ether oxygens (including phenoxy) is 2. The van der Waals surface area contributed by atoms with Gasteiger partial charge in [-0.05, 0) is 30.3 Å². The summed E-state index contributed by atoms with van der Waals surface area (Å²) in [5.41, 5.74) is 3.17. The fourth-order valence-electron chi connectivity index (χ4n) is 3.72. The van der Waals surface area contributed by atoms with E-state index in [0.29, 0.717) is 17.9 Å². The Morgan fingerprint density at radius 2 is 1.93 bits per heavy atom. The van der Waals surface area contributed by atoms with E-state index in [4.69, 9.17) is 9.47 Å². The summed E-state index contributed by atoms with van der Waals surface area (Å²) in [7, 11) is 0. The van der Waals surface area contributed by atoms with Crippen molar-refractivity contribution in [1.82, 2.24) is 14.7 Å². The van der Waals surface area contributed by atoms with Crippen molar-refractivity contribution in [3.63, 3.8) is 0 Å². The van der Waals surface area contributed by atoms with Crippen molar-refractivity contribution in [3.05, 3.63) is 95.9 Å². The number of nitrogens with zero attached hydrogens (tertiary/aromatic N) is 2. The van der Waals surface area contributed by atoms with Crippen LogP contribution in [0, 0.1) is 0 Å². The molecule has 5 rings (SSSR count). The van der Waals surface area contributed by atoms with Gasteiger partial charge in [-0.15, -0.1) is 0 Å². The number of hydrogen-bond acceptors (Lipinski definition) is 4. The smallest absolute Gasteiger partial charge is 0.255 e. The van der Waals surface area contributed by atoms with Gasteiger partial charge >= 0.3 is 0 Å². The summed E-state index contributed by atoms with van der Waals surface area (Å²) in [5, 5.41) is 3.13. The molecule has 1 aliphatic rings. The Morgan fingerprint density at radius 1 is 1.10 bits per heavy atom. The molecule has 150 valence electrons. The number of para-hydroxylation sites is 2. The lowest BCUT2D eigenvalue weighted by Crippen LogP contribution is -2.32. The van der Waals surface area contributed by atoms with E-state index in [1.807, 2.05) is 77.5 Å². The Bertz CT molecular complexity index is 1170. The van der Waals surface area contributed by atoms with Crippen LogP contribution in [0.3, 0.4) is 0 Å². The third-order valence-corrected chi connectivity index (χ3v) is 5.18. The number of benzene rings is 2. The standard InChI is InChI=1S/C24H21N3O3/c28-24(26-20-12-14-29-21-9-3-1-7-18(20)21)19-8-2-4-10-22(19)30-16-17-15-27-13-6-5-11-23(27)25-17/h1-11,13,15,20H,12,14,16H2,(H,26,28)/t20-/m1/s1. The van der Waals surface area contributed by atoms with E-state index in [1.165, 1.54) is 0 Å². The SMILES string of the molecule is O=C(N[C@@H]1CCOc2ccccc21)c1ccccc1OCc1cn2ccccc2n1. The van der Waals surface area contributed by atoms with E-state index < -0.39 is 0 Å². The van der Waals surface area contributed by atoms with Crippen LogP contribution in [0.1, 0.15) is 34.1 Å². The molecule has 1 atom stereocenters. The molecule has 0 saturated heterocycles. The number of amides is 1. The maximum atomic E-state index is 13.0. The van der Waals surface area contributed by atoms with Crippen LogP contribution in [0.15, 0.2) is 79.1 Å². The average Bonchev–Trinajstić information content (AvgIpc) is 3.21. The highest BCUT2D eigenvalue weighted by Gasteiger charge is 2.24. The van der Waals surface area contributed by atoms with Crippen LogP contribution < -0.4 is 14.8 Å². The Hall–Kier alpha value is -3.80. The van der Waals surface area contributed by atoms with Gasteiger partial charge < -0.3 is 19.2 Å². The third-order valence-electron chi connectivity index (χ3n) is 5.18. The first-order valence-corrected chi connectivity index (χ1v) is 9.95. The lowest BCUT2D eigenvalue weighted by Gasteiger charge is -2.26. The molecule has 0 bridgehead atoms. The number of carbonyl (C=O) groups excluding carboxylic acids is 1. The molecule has 0 aliphatic carbocycles. The van der Waals surface area contributed by atoms with Gasteiger partial charge in [0.15, 0.2) is 0 Å². The lowest BCUT2D eigenvalue weighted by molar-refractivity contribution is 0.0920. The second-order valence-corrected chi connectivity index (χ2v) is 7.18. The second kappa shape index (κ2) is 7.91. The molecule has 0 unspecified atom stereocenters. The molecule has 6 heteroatoms. The Balaban J connectivity index is 1.32. The highest BCUT2D eigenvalue weighted by atomic mass is 16.5. The van der Waals surface area contributed by atoms with E-state index in [0.717, 1.165) is 29.1 Å². The molecule has 0 radical (unpaired) electrons. The highest BCUT2D eigenvalue weighted by Crippen LogP contribution is 2.32. The molecule has 1 N–H and O–H groups in total. The van der Waals surface area contributed by atoms with E-state index in [1.54, 1.807) is 6.07 Å². The molecule has 2 aromatic heterocycles. The number of nitrogens with one attached hydrogen (secondary N) is 1. The van der Waals surface area contributed by atoms with Gasteiger partial charge in [0, 0.05) is 24.4 Å². The zero-order valence-corrected chi connectivity index (χ0v) is 16.3. The maximum Gasteiger partial charge on any atom is 0.255 e. The number of hydrogen-bond donors (Lipinski definition) is 1. The topological polar surface area (TPSA) is 64.9 Å². The summed E-state index contributed by atoms with van der Waals surface area (Å²) in [6, 6.07) is 20.8. The monoisotopic (exact) mass is 399 g/mol. The van der Waals surface area contributed by atoms with Crippen LogP contribution in [-0.2, 0) is 6.61 Å². The molecule has 0 saturated carbocycles. The highest BCUT2D eigenvalue weighted by molar-refractivity contribution is 5.97. The Labute approximate surface area is 174 Å². The summed E-state index contributed by atoms with van der Waals surface area (Å²) in [6.07, 6.45) is 4.60. The van der Waals surface area contributed by atoms with Crippen LogP contribution in [0.25, 0.3) is 5.65 Å². The van der Waals surface area contributed by atoms with Crippen molar-refractivity contribution < 1.29 is 14.3 Å². The van der Waals surface area contributed by atoms with Gasteiger partial charge in [-0.3, -0.25) is 4.79 Å². The second-order valence-electron chi connectivity index (χ2n) is 7.18. The summed E-state index contributed by atoms with van der Waals surface area (Å²) in [5.74, 6) is 1.19. The molecule has 4 aromatic rings. The van der Waals surface area contributed by atoms with Gasteiger partial charge in [0.25, 0.3) is 5.91 Å². The molecule has 3 heterocycles. The molecular formula is C24H21N3O3. The Morgan fingerprint density at radius 3 is 2.87 bits per heavy atom. The minimum Gasteiger partial charge on any atom is -0.493 e. The number of rotatable bonds is 5. The van der Waals surface area contributed by atoms with Gasteiger partial charge in [-0.25, -0.2) is 4.98 Å². The fourth-order valence-corrected chi connectivity index (χ4v) is 3.72. The quantitative estimate of drug-likeness (QED) is 0.547. The van der Waals surface area contributed by atoms with Crippen molar-refractivity contribution >= 4 is 11.6 Å².